The molecule has 4 rings (SSSR count). The van der Waals surface area contributed by atoms with Crippen molar-refractivity contribution >= 4 is 11.8 Å². The summed E-state index contributed by atoms with van der Waals surface area (Å²) >= 11 is 0. The van der Waals surface area contributed by atoms with E-state index in [9.17, 15) is 9.59 Å². The molecule has 8 nitrogen and oxygen atoms in total. The van der Waals surface area contributed by atoms with Gasteiger partial charge in [-0.1, -0.05) is 36.4 Å². The molecule has 0 saturated heterocycles. The molecule has 0 saturated carbocycles. The summed E-state index contributed by atoms with van der Waals surface area (Å²) in [5.74, 6) is 1.51. The van der Waals surface area contributed by atoms with E-state index in [1.165, 1.54) is 7.11 Å². The summed E-state index contributed by atoms with van der Waals surface area (Å²) in [5, 5.41) is 5.81. The van der Waals surface area contributed by atoms with Crippen molar-refractivity contribution in [2.75, 3.05) is 21.3 Å². The minimum absolute atomic E-state index is 0.363. The van der Waals surface area contributed by atoms with E-state index >= 15 is 0 Å². The molecule has 200 valence electrons. The molecule has 0 fully saturated rings. The maximum absolute atomic E-state index is 13.1. The van der Waals surface area contributed by atoms with Gasteiger partial charge >= 0.3 is 0 Å². The zero-order valence-electron chi connectivity index (χ0n) is 22.0. The number of hydrogen-bond donors (Lipinski definition) is 2. The Morgan fingerprint density at radius 1 is 0.641 bits per heavy atom. The summed E-state index contributed by atoms with van der Waals surface area (Å²) in [7, 11) is 4.65. The van der Waals surface area contributed by atoms with Crippen molar-refractivity contribution in [1.82, 2.24) is 10.6 Å². The monoisotopic (exact) mass is 526 g/mol. The van der Waals surface area contributed by atoms with Crippen molar-refractivity contribution in [3.05, 3.63) is 119 Å². The maximum Gasteiger partial charge on any atom is 0.253 e. The van der Waals surface area contributed by atoms with Crippen LogP contribution in [0.4, 0.5) is 0 Å². The molecule has 0 radical (unpaired) electrons. The van der Waals surface area contributed by atoms with E-state index in [0.717, 1.165) is 5.56 Å². The highest BCUT2D eigenvalue weighted by Gasteiger charge is 2.21. The largest absolute Gasteiger partial charge is 0.497 e. The van der Waals surface area contributed by atoms with Crippen LogP contribution in [0.5, 0.6) is 23.0 Å². The molecule has 0 unspecified atom stereocenters. The van der Waals surface area contributed by atoms with E-state index in [1.807, 2.05) is 30.3 Å². The summed E-state index contributed by atoms with van der Waals surface area (Å²) in [6.07, 6.45) is -0.869. The van der Waals surface area contributed by atoms with Gasteiger partial charge in [-0.15, -0.1) is 0 Å². The Morgan fingerprint density at radius 3 is 1.67 bits per heavy atom. The van der Waals surface area contributed by atoms with Gasteiger partial charge in [-0.05, 0) is 71.8 Å². The smallest absolute Gasteiger partial charge is 0.253 e. The van der Waals surface area contributed by atoms with Crippen LogP contribution in [0.15, 0.2) is 97.1 Å². The van der Waals surface area contributed by atoms with Crippen LogP contribution in [0.1, 0.15) is 38.0 Å². The van der Waals surface area contributed by atoms with Gasteiger partial charge in [0.2, 0.25) is 0 Å². The van der Waals surface area contributed by atoms with Crippen molar-refractivity contribution in [3.8, 4) is 23.0 Å². The average molecular weight is 527 g/mol. The quantitative estimate of drug-likeness (QED) is 0.263. The fraction of sp³-hybridized carbons (Fsp3) is 0.161. The number of amides is 2. The molecule has 0 aliphatic heterocycles. The molecule has 0 aliphatic carbocycles. The highest BCUT2D eigenvalue weighted by atomic mass is 16.5. The zero-order valence-corrected chi connectivity index (χ0v) is 22.0. The number of nitrogens with one attached hydrogen (secondary N) is 2. The molecule has 39 heavy (non-hydrogen) atoms. The summed E-state index contributed by atoms with van der Waals surface area (Å²) < 4.78 is 21.9. The van der Waals surface area contributed by atoms with Gasteiger partial charge in [0, 0.05) is 11.1 Å². The first-order valence-electron chi connectivity index (χ1n) is 12.2. The van der Waals surface area contributed by atoms with Crippen molar-refractivity contribution in [1.29, 1.82) is 0 Å². The summed E-state index contributed by atoms with van der Waals surface area (Å²) in [6.45, 7) is 0.363. The summed E-state index contributed by atoms with van der Waals surface area (Å²) in [4.78, 5) is 26.3. The number of hydrogen-bond acceptors (Lipinski definition) is 6. The third kappa shape index (κ3) is 7.07. The van der Waals surface area contributed by atoms with Crippen LogP contribution < -0.4 is 29.6 Å². The second-order valence-electron chi connectivity index (χ2n) is 8.52. The number of methoxy groups -OCH3 is 3. The average Bonchev–Trinajstić information content (AvgIpc) is 3.00. The number of carbonyl (C=O) groups is 2. The standard InChI is InChI=1S/C31H30N2O6/c1-36-25-14-9-22(10-15-25)30(34)32-29(33-31(35)23-11-16-26(37-2)17-12-23)24-13-18-27(28(19-24)38-3)39-20-21-7-5-4-6-8-21/h4-19,29H,20H2,1-3H3,(H,32,34)(H,33,35). The highest BCUT2D eigenvalue weighted by Crippen LogP contribution is 2.31. The Hall–Kier alpha value is -4.98. The minimum Gasteiger partial charge on any atom is -0.497 e. The molecular formula is C31H30N2O6. The van der Waals surface area contributed by atoms with Crippen LogP contribution in [-0.4, -0.2) is 33.1 Å². The fourth-order valence-electron chi connectivity index (χ4n) is 3.83. The number of carbonyl (C=O) groups excluding carboxylic acids is 2. The normalized spacial score (nSPS) is 10.5. The first kappa shape index (κ1) is 27.1. The topological polar surface area (TPSA) is 95.1 Å². The maximum atomic E-state index is 13.1. The lowest BCUT2D eigenvalue weighted by Crippen LogP contribution is -2.41. The third-order valence-corrected chi connectivity index (χ3v) is 6.01. The Balaban J connectivity index is 1.58. The molecule has 0 heterocycles. The van der Waals surface area contributed by atoms with Crippen LogP contribution in [-0.2, 0) is 6.61 Å². The Labute approximate surface area is 227 Å². The van der Waals surface area contributed by atoms with E-state index in [2.05, 4.69) is 10.6 Å². The first-order chi connectivity index (χ1) is 19.0. The van der Waals surface area contributed by atoms with Crippen molar-refractivity contribution in [2.45, 2.75) is 12.8 Å². The molecule has 8 heteroatoms. The van der Waals surface area contributed by atoms with E-state index in [0.29, 0.717) is 46.3 Å². The number of ether oxygens (including phenoxy) is 4. The van der Waals surface area contributed by atoms with Crippen LogP contribution in [0.2, 0.25) is 0 Å². The predicted molar refractivity (Wildman–Crippen MR) is 147 cm³/mol. The van der Waals surface area contributed by atoms with Gasteiger partial charge in [-0.2, -0.15) is 0 Å². The van der Waals surface area contributed by atoms with Gasteiger partial charge in [-0.25, -0.2) is 0 Å². The molecule has 0 aromatic heterocycles. The van der Waals surface area contributed by atoms with E-state index < -0.39 is 6.17 Å². The zero-order chi connectivity index (χ0) is 27.6. The van der Waals surface area contributed by atoms with Gasteiger partial charge in [0.1, 0.15) is 24.3 Å². The predicted octanol–water partition coefficient (Wildman–Crippen LogP) is 5.15. The van der Waals surface area contributed by atoms with Crippen LogP contribution >= 0.6 is 0 Å². The molecule has 4 aromatic rings. The fourth-order valence-corrected chi connectivity index (χ4v) is 3.83. The minimum atomic E-state index is -0.869. The molecule has 2 amide bonds. The molecule has 0 spiro atoms. The second-order valence-corrected chi connectivity index (χ2v) is 8.52. The van der Waals surface area contributed by atoms with Crippen LogP contribution in [0.3, 0.4) is 0 Å². The molecule has 4 aromatic carbocycles. The lowest BCUT2D eigenvalue weighted by atomic mass is 10.1. The third-order valence-electron chi connectivity index (χ3n) is 6.01. The Kier molecular flexibility index (Phi) is 9.03. The van der Waals surface area contributed by atoms with Crippen molar-refractivity contribution in [3.63, 3.8) is 0 Å². The van der Waals surface area contributed by atoms with Crippen LogP contribution in [0, 0.1) is 0 Å². The summed E-state index contributed by atoms with van der Waals surface area (Å²) in [5.41, 5.74) is 2.44. The SMILES string of the molecule is COc1ccc(C(=O)NC(NC(=O)c2ccc(OC)cc2)c2ccc(OCc3ccccc3)c(OC)c2)cc1. The first-order valence-corrected chi connectivity index (χ1v) is 12.2. The van der Waals surface area contributed by atoms with Gasteiger partial charge in [0.05, 0.1) is 21.3 Å². The van der Waals surface area contributed by atoms with Gasteiger partial charge < -0.3 is 29.6 Å². The number of benzene rings is 4. The number of rotatable bonds is 11. The molecule has 2 N–H and O–H groups in total. The van der Waals surface area contributed by atoms with Gasteiger partial charge in [-0.3, -0.25) is 9.59 Å². The summed E-state index contributed by atoms with van der Waals surface area (Å²) in [6, 6.07) is 28.4. The van der Waals surface area contributed by atoms with Crippen LogP contribution in [0.25, 0.3) is 0 Å². The van der Waals surface area contributed by atoms with Gasteiger partial charge in [0.25, 0.3) is 11.8 Å². The van der Waals surface area contributed by atoms with Crippen molar-refractivity contribution in [2.24, 2.45) is 0 Å². The van der Waals surface area contributed by atoms with E-state index in [4.69, 9.17) is 18.9 Å². The Morgan fingerprint density at radius 2 is 1.18 bits per heavy atom. The highest BCUT2D eigenvalue weighted by molar-refractivity contribution is 5.97. The molecule has 0 atom stereocenters. The second kappa shape index (κ2) is 13.0. The Bertz CT molecular complexity index is 1330. The van der Waals surface area contributed by atoms with E-state index in [-0.39, 0.29) is 11.8 Å². The van der Waals surface area contributed by atoms with Gasteiger partial charge in [0.15, 0.2) is 11.5 Å². The molecule has 0 bridgehead atoms. The lowest BCUT2D eigenvalue weighted by Gasteiger charge is -2.22. The molecular weight excluding hydrogens is 496 g/mol. The molecule has 0 aliphatic rings. The van der Waals surface area contributed by atoms with Crippen molar-refractivity contribution < 1.29 is 28.5 Å². The van der Waals surface area contributed by atoms with E-state index in [1.54, 1.807) is 80.9 Å². The lowest BCUT2D eigenvalue weighted by molar-refractivity contribution is 0.0883.